The quantitative estimate of drug-likeness (QED) is 0.217. The highest BCUT2D eigenvalue weighted by Gasteiger charge is 2.14. The fourth-order valence-electron chi connectivity index (χ4n) is 5.74. The molecule has 0 saturated carbocycles. The monoisotopic (exact) mass is 543 g/mol. The summed E-state index contributed by atoms with van der Waals surface area (Å²) < 4.78 is 5.25. The number of nitriles is 1. The van der Waals surface area contributed by atoms with Crippen LogP contribution in [-0.4, -0.2) is 0 Å². The first-order valence-corrected chi connectivity index (χ1v) is 14.9. The van der Waals surface area contributed by atoms with Crippen molar-refractivity contribution < 1.29 is 0 Å². The molecule has 0 bridgehead atoms. The second-order valence-corrected chi connectivity index (χ2v) is 12.2. The molecule has 0 spiro atoms. The molecule has 2 aromatic heterocycles. The van der Waals surface area contributed by atoms with Gasteiger partial charge in [0.1, 0.15) is 0 Å². The van der Waals surface area contributed by atoms with Crippen molar-refractivity contribution in [1.29, 1.82) is 5.26 Å². The van der Waals surface area contributed by atoms with Gasteiger partial charge in [-0.3, -0.25) is 0 Å². The molecular formula is C37H21NS2. The standard InChI is InChI=1S/C37H21NS2/c38-22-23-9-11-24(12-10-23)25-13-16-28(26-14-17-36-32(20-26)29-5-1-3-7-34(29)39-36)31(19-25)27-15-18-37-33(21-27)30-6-2-4-8-35(30)40-37/h1-21H. The van der Waals surface area contributed by atoms with Gasteiger partial charge in [-0.05, 0) is 88.0 Å². The maximum atomic E-state index is 9.28. The van der Waals surface area contributed by atoms with Crippen LogP contribution < -0.4 is 0 Å². The minimum Gasteiger partial charge on any atom is -0.192 e. The lowest BCUT2D eigenvalue weighted by Gasteiger charge is -2.14. The fraction of sp³-hybridized carbons (Fsp3) is 0. The Morgan fingerprint density at radius 1 is 0.400 bits per heavy atom. The molecule has 8 aromatic rings. The zero-order valence-electron chi connectivity index (χ0n) is 21.4. The Morgan fingerprint density at radius 2 is 0.900 bits per heavy atom. The zero-order valence-corrected chi connectivity index (χ0v) is 23.0. The van der Waals surface area contributed by atoms with Crippen LogP contribution >= 0.6 is 22.7 Å². The molecule has 40 heavy (non-hydrogen) atoms. The molecule has 0 aliphatic rings. The Balaban J connectivity index is 1.37. The van der Waals surface area contributed by atoms with E-state index in [2.05, 4.69) is 109 Å². The number of hydrogen-bond acceptors (Lipinski definition) is 3. The average Bonchev–Trinajstić information content (AvgIpc) is 3.58. The van der Waals surface area contributed by atoms with Crippen molar-refractivity contribution >= 4 is 63.0 Å². The molecular weight excluding hydrogens is 523 g/mol. The van der Waals surface area contributed by atoms with Crippen LogP contribution in [-0.2, 0) is 0 Å². The van der Waals surface area contributed by atoms with Crippen LogP contribution in [0.15, 0.2) is 127 Å². The van der Waals surface area contributed by atoms with Gasteiger partial charge >= 0.3 is 0 Å². The van der Waals surface area contributed by atoms with Crippen molar-refractivity contribution in [3.63, 3.8) is 0 Å². The summed E-state index contributed by atoms with van der Waals surface area (Å²) in [4.78, 5) is 0. The third kappa shape index (κ3) is 3.73. The summed E-state index contributed by atoms with van der Waals surface area (Å²) in [6, 6.07) is 48.0. The van der Waals surface area contributed by atoms with Gasteiger partial charge in [-0.2, -0.15) is 5.26 Å². The number of rotatable bonds is 3. The Hall–Kier alpha value is -4.75. The molecule has 2 heterocycles. The first kappa shape index (κ1) is 23.2. The number of thiophene rings is 2. The number of hydrogen-bond donors (Lipinski definition) is 0. The summed E-state index contributed by atoms with van der Waals surface area (Å²) in [5, 5.41) is 14.5. The van der Waals surface area contributed by atoms with Crippen LogP contribution in [0.5, 0.6) is 0 Å². The van der Waals surface area contributed by atoms with Crippen molar-refractivity contribution in [2.24, 2.45) is 0 Å². The van der Waals surface area contributed by atoms with Gasteiger partial charge in [-0.15, -0.1) is 22.7 Å². The lowest BCUT2D eigenvalue weighted by Crippen LogP contribution is -1.88. The maximum absolute atomic E-state index is 9.28. The summed E-state index contributed by atoms with van der Waals surface area (Å²) in [5.41, 5.74) is 7.76. The third-order valence-corrected chi connectivity index (χ3v) is 10.0. The predicted octanol–water partition coefficient (Wildman–Crippen LogP) is 11.3. The molecule has 0 N–H and O–H groups in total. The van der Waals surface area contributed by atoms with Gasteiger partial charge in [0.25, 0.3) is 0 Å². The van der Waals surface area contributed by atoms with E-state index < -0.39 is 0 Å². The van der Waals surface area contributed by atoms with Crippen molar-refractivity contribution in [2.45, 2.75) is 0 Å². The Kier molecular flexibility index (Phi) is 5.31. The molecule has 3 heteroatoms. The minimum absolute atomic E-state index is 0.673. The van der Waals surface area contributed by atoms with E-state index in [1.54, 1.807) is 0 Å². The topological polar surface area (TPSA) is 23.8 Å². The van der Waals surface area contributed by atoms with E-state index in [0.29, 0.717) is 5.56 Å². The lowest BCUT2D eigenvalue weighted by atomic mass is 9.90. The molecule has 0 saturated heterocycles. The third-order valence-electron chi connectivity index (χ3n) is 7.74. The summed E-state index contributed by atoms with van der Waals surface area (Å²) in [7, 11) is 0. The normalized spacial score (nSPS) is 11.5. The van der Waals surface area contributed by atoms with Gasteiger partial charge < -0.3 is 0 Å². The van der Waals surface area contributed by atoms with E-state index in [0.717, 1.165) is 11.1 Å². The van der Waals surface area contributed by atoms with E-state index in [-0.39, 0.29) is 0 Å². The lowest BCUT2D eigenvalue weighted by molar-refractivity contribution is 1.48. The SMILES string of the molecule is N#Cc1ccc(-c2ccc(-c3ccc4sc5ccccc5c4c3)c(-c3ccc4sc5ccccc5c4c3)c2)cc1. The smallest absolute Gasteiger partial charge is 0.0991 e. The van der Waals surface area contributed by atoms with Crippen LogP contribution in [0, 0.1) is 11.3 Å². The van der Waals surface area contributed by atoms with E-state index in [1.807, 2.05) is 46.9 Å². The number of benzene rings is 6. The van der Waals surface area contributed by atoms with E-state index in [1.165, 1.54) is 62.6 Å². The molecule has 0 unspecified atom stereocenters. The van der Waals surface area contributed by atoms with Gasteiger partial charge in [0, 0.05) is 40.3 Å². The Morgan fingerprint density at radius 3 is 1.50 bits per heavy atom. The molecule has 0 amide bonds. The van der Waals surface area contributed by atoms with Gasteiger partial charge in [-0.1, -0.05) is 72.8 Å². The van der Waals surface area contributed by atoms with Crippen LogP contribution in [0.4, 0.5) is 0 Å². The first-order chi connectivity index (χ1) is 19.7. The Labute approximate surface area is 239 Å². The molecule has 186 valence electrons. The summed E-state index contributed by atoms with van der Waals surface area (Å²) in [5.74, 6) is 0. The largest absolute Gasteiger partial charge is 0.192 e. The first-order valence-electron chi connectivity index (χ1n) is 13.2. The highest BCUT2D eigenvalue weighted by molar-refractivity contribution is 7.26. The second kappa shape index (κ2) is 9.17. The molecule has 6 aromatic carbocycles. The Bertz CT molecular complexity index is 2280. The van der Waals surface area contributed by atoms with E-state index in [4.69, 9.17) is 0 Å². The van der Waals surface area contributed by atoms with E-state index >= 15 is 0 Å². The number of nitrogens with zero attached hydrogens (tertiary/aromatic N) is 1. The van der Waals surface area contributed by atoms with Crippen molar-refractivity contribution in [3.05, 3.63) is 133 Å². The highest BCUT2D eigenvalue weighted by atomic mass is 32.1. The molecule has 0 radical (unpaired) electrons. The maximum Gasteiger partial charge on any atom is 0.0991 e. The van der Waals surface area contributed by atoms with E-state index in [9.17, 15) is 5.26 Å². The van der Waals surface area contributed by atoms with Crippen LogP contribution in [0.1, 0.15) is 5.56 Å². The summed E-state index contributed by atoms with van der Waals surface area (Å²) in [6.07, 6.45) is 0. The molecule has 1 nitrogen and oxygen atoms in total. The molecule has 0 atom stereocenters. The highest BCUT2D eigenvalue weighted by Crippen LogP contribution is 2.42. The van der Waals surface area contributed by atoms with Gasteiger partial charge in [-0.25, -0.2) is 0 Å². The molecule has 8 rings (SSSR count). The van der Waals surface area contributed by atoms with Gasteiger partial charge in [0.2, 0.25) is 0 Å². The summed E-state index contributed by atoms with van der Waals surface area (Å²) in [6.45, 7) is 0. The summed E-state index contributed by atoms with van der Waals surface area (Å²) >= 11 is 3.70. The van der Waals surface area contributed by atoms with Crippen LogP contribution in [0.25, 0.3) is 73.7 Å². The predicted molar refractivity (Wildman–Crippen MR) is 173 cm³/mol. The molecule has 0 aliphatic carbocycles. The minimum atomic E-state index is 0.673. The average molecular weight is 544 g/mol. The fourth-order valence-corrected chi connectivity index (χ4v) is 7.91. The molecule has 0 fully saturated rings. The van der Waals surface area contributed by atoms with Crippen LogP contribution in [0.3, 0.4) is 0 Å². The zero-order chi connectivity index (χ0) is 26.6. The van der Waals surface area contributed by atoms with Crippen molar-refractivity contribution in [2.75, 3.05) is 0 Å². The van der Waals surface area contributed by atoms with Gasteiger partial charge in [0.15, 0.2) is 0 Å². The number of fused-ring (bicyclic) bond motifs is 6. The molecule has 0 aliphatic heterocycles. The van der Waals surface area contributed by atoms with Crippen LogP contribution in [0.2, 0.25) is 0 Å². The van der Waals surface area contributed by atoms with Gasteiger partial charge in [0.05, 0.1) is 11.6 Å². The van der Waals surface area contributed by atoms with Crippen molar-refractivity contribution in [3.8, 4) is 39.4 Å². The second-order valence-electron chi connectivity index (χ2n) is 10.1. The van der Waals surface area contributed by atoms with Crippen molar-refractivity contribution in [1.82, 2.24) is 0 Å².